The minimum absolute atomic E-state index is 0.303. The molecule has 0 fully saturated rings. The van der Waals surface area contributed by atoms with Crippen LogP contribution in [0.25, 0.3) is 5.69 Å². The van der Waals surface area contributed by atoms with Gasteiger partial charge >= 0.3 is 5.97 Å². The minimum Gasteiger partial charge on any atom is -0.495 e. The largest absolute Gasteiger partial charge is 0.495 e. The molecule has 0 saturated carbocycles. The zero-order valence-electron chi connectivity index (χ0n) is 10.7. The van der Waals surface area contributed by atoms with Crippen LogP contribution >= 0.6 is 12.6 Å². The van der Waals surface area contributed by atoms with Gasteiger partial charge in [-0.2, -0.15) is 0 Å². The molecular formula is C13H14N2O3S. The average Bonchev–Trinajstić information content (AvgIpc) is 2.81. The molecular weight excluding hydrogens is 264 g/mol. The number of benzene rings is 1. The third-order valence-electron chi connectivity index (χ3n) is 2.55. The lowest BCUT2D eigenvalue weighted by atomic mass is 10.3. The van der Waals surface area contributed by atoms with Crippen molar-refractivity contribution >= 4 is 18.6 Å². The highest BCUT2D eigenvalue weighted by atomic mass is 32.1. The average molecular weight is 278 g/mol. The van der Waals surface area contributed by atoms with E-state index in [1.54, 1.807) is 24.7 Å². The molecule has 0 aliphatic heterocycles. The maximum atomic E-state index is 11.9. The molecule has 6 heteroatoms. The minimum atomic E-state index is -0.443. The van der Waals surface area contributed by atoms with Crippen molar-refractivity contribution in [2.75, 3.05) is 13.7 Å². The molecule has 1 heterocycles. The molecule has 1 aromatic carbocycles. The lowest BCUT2D eigenvalue weighted by Crippen LogP contribution is -2.12. The van der Waals surface area contributed by atoms with E-state index >= 15 is 0 Å². The van der Waals surface area contributed by atoms with Gasteiger partial charge in [-0.05, 0) is 19.1 Å². The molecule has 2 rings (SSSR count). The van der Waals surface area contributed by atoms with E-state index in [-0.39, 0.29) is 0 Å². The van der Waals surface area contributed by atoms with E-state index in [0.29, 0.717) is 28.9 Å². The second-order valence-electron chi connectivity index (χ2n) is 3.67. The standard InChI is InChI=1S/C13H14N2O3S/c1-3-18-12(16)10-8-14-13(19)15(10)9-6-4-5-7-11(9)17-2/h4-8H,3H2,1-2H3,(H,14,19). The smallest absolute Gasteiger partial charge is 0.357 e. The first-order valence-electron chi connectivity index (χ1n) is 5.76. The van der Waals surface area contributed by atoms with Gasteiger partial charge < -0.3 is 9.47 Å². The Morgan fingerprint density at radius 3 is 2.84 bits per heavy atom. The van der Waals surface area contributed by atoms with Crippen LogP contribution in [0.1, 0.15) is 17.4 Å². The lowest BCUT2D eigenvalue weighted by molar-refractivity contribution is 0.0516. The van der Waals surface area contributed by atoms with E-state index in [9.17, 15) is 4.79 Å². The van der Waals surface area contributed by atoms with Crippen molar-refractivity contribution < 1.29 is 14.3 Å². The zero-order chi connectivity index (χ0) is 13.8. The first-order valence-corrected chi connectivity index (χ1v) is 6.21. The number of carbonyl (C=O) groups excluding carboxylic acids is 1. The van der Waals surface area contributed by atoms with Gasteiger partial charge in [0.15, 0.2) is 10.9 Å². The Kier molecular flexibility index (Phi) is 4.11. The quantitative estimate of drug-likeness (QED) is 0.689. The van der Waals surface area contributed by atoms with E-state index < -0.39 is 5.97 Å². The van der Waals surface area contributed by atoms with Crippen LogP contribution < -0.4 is 4.74 Å². The number of rotatable bonds is 4. The van der Waals surface area contributed by atoms with E-state index in [2.05, 4.69) is 17.6 Å². The summed E-state index contributed by atoms with van der Waals surface area (Å²) in [5.41, 5.74) is 1.01. The van der Waals surface area contributed by atoms with Crippen molar-refractivity contribution in [2.24, 2.45) is 0 Å². The van der Waals surface area contributed by atoms with Gasteiger partial charge in [0, 0.05) is 0 Å². The molecule has 0 aliphatic carbocycles. The van der Waals surface area contributed by atoms with Gasteiger partial charge in [0.25, 0.3) is 0 Å². The fourth-order valence-electron chi connectivity index (χ4n) is 1.74. The number of thiol groups is 1. The molecule has 0 spiro atoms. The summed E-state index contributed by atoms with van der Waals surface area (Å²) in [6.07, 6.45) is 1.44. The third kappa shape index (κ3) is 2.58. The summed E-state index contributed by atoms with van der Waals surface area (Å²) < 4.78 is 11.9. The summed E-state index contributed by atoms with van der Waals surface area (Å²) in [5, 5.41) is 0.396. The molecule has 0 N–H and O–H groups in total. The first kappa shape index (κ1) is 13.5. The van der Waals surface area contributed by atoms with Crippen LogP contribution in [-0.2, 0) is 4.74 Å². The highest BCUT2D eigenvalue weighted by Gasteiger charge is 2.19. The van der Waals surface area contributed by atoms with Gasteiger partial charge in [0.05, 0.1) is 25.6 Å². The fourth-order valence-corrected chi connectivity index (χ4v) is 2.02. The predicted octanol–water partition coefficient (Wildman–Crippen LogP) is 2.35. The lowest BCUT2D eigenvalue weighted by Gasteiger charge is -2.12. The Bertz CT molecular complexity index is 595. The Labute approximate surface area is 116 Å². The van der Waals surface area contributed by atoms with Crippen molar-refractivity contribution in [1.29, 1.82) is 0 Å². The molecule has 1 aromatic heterocycles. The second-order valence-corrected chi connectivity index (χ2v) is 4.07. The number of para-hydroxylation sites is 2. The van der Waals surface area contributed by atoms with Crippen molar-refractivity contribution in [1.82, 2.24) is 9.55 Å². The van der Waals surface area contributed by atoms with Gasteiger partial charge in [-0.1, -0.05) is 12.1 Å². The molecule has 0 saturated heterocycles. The van der Waals surface area contributed by atoms with Gasteiger partial charge in [0.1, 0.15) is 5.75 Å². The van der Waals surface area contributed by atoms with Gasteiger partial charge in [-0.15, -0.1) is 12.6 Å². The van der Waals surface area contributed by atoms with E-state index in [1.165, 1.54) is 6.20 Å². The van der Waals surface area contributed by atoms with Crippen LogP contribution in [0, 0.1) is 0 Å². The zero-order valence-corrected chi connectivity index (χ0v) is 11.6. The maximum Gasteiger partial charge on any atom is 0.357 e. The molecule has 0 unspecified atom stereocenters. The normalized spacial score (nSPS) is 10.3. The molecule has 19 heavy (non-hydrogen) atoms. The molecule has 0 atom stereocenters. The molecule has 2 aromatic rings. The van der Waals surface area contributed by atoms with Gasteiger partial charge in [-0.25, -0.2) is 9.78 Å². The summed E-state index contributed by atoms with van der Waals surface area (Å²) >= 11 is 4.27. The van der Waals surface area contributed by atoms with Crippen molar-refractivity contribution in [3.8, 4) is 11.4 Å². The number of hydrogen-bond acceptors (Lipinski definition) is 5. The molecule has 0 radical (unpaired) electrons. The number of ether oxygens (including phenoxy) is 2. The second kappa shape index (κ2) is 5.79. The van der Waals surface area contributed by atoms with Crippen LogP contribution in [0.2, 0.25) is 0 Å². The summed E-state index contributed by atoms with van der Waals surface area (Å²) in [4.78, 5) is 15.9. The Morgan fingerprint density at radius 2 is 2.16 bits per heavy atom. The molecule has 5 nitrogen and oxygen atoms in total. The van der Waals surface area contributed by atoms with Crippen LogP contribution in [0.5, 0.6) is 5.75 Å². The SMILES string of the molecule is CCOC(=O)c1cnc(S)n1-c1ccccc1OC. The number of imidazole rings is 1. The molecule has 100 valence electrons. The van der Waals surface area contributed by atoms with Crippen LogP contribution in [0.4, 0.5) is 0 Å². The monoisotopic (exact) mass is 278 g/mol. The highest BCUT2D eigenvalue weighted by molar-refractivity contribution is 7.80. The summed E-state index contributed by atoms with van der Waals surface area (Å²) in [6, 6.07) is 7.32. The van der Waals surface area contributed by atoms with Crippen molar-refractivity contribution in [3.05, 3.63) is 36.2 Å². The number of hydrogen-bond donors (Lipinski definition) is 1. The van der Waals surface area contributed by atoms with Crippen LogP contribution in [0.15, 0.2) is 35.6 Å². The van der Waals surface area contributed by atoms with Crippen molar-refractivity contribution in [2.45, 2.75) is 12.1 Å². The van der Waals surface area contributed by atoms with Crippen LogP contribution in [0.3, 0.4) is 0 Å². The maximum absolute atomic E-state index is 11.9. The summed E-state index contributed by atoms with van der Waals surface area (Å²) in [6.45, 7) is 2.06. The van der Waals surface area contributed by atoms with Gasteiger partial charge in [-0.3, -0.25) is 4.57 Å². The van der Waals surface area contributed by atoms with Crippen LogP contribution in [-0.4, -0.2) is 29.2 Å². The fraction of sp³-hybridized carbons (Fsp3) is 0.231. The number of carbonyl (C=O) groups is 1. The van der Waals surface area contributed by atoms with Gasteiger partial charge in [0.2, 0.25) is 0 Å². The number of methoxy groups -OCH3 is 1. The number of nitrogens with zero attached hydrogens (tertiary/aromatic N) is 2. The summed E-state index contributed by atoms with van der Waals surface area (Å²) in [7, 11) is 1.57. The summed E-state index contributed by atoms with van der Waals surface area (Å²) in [5.74, 6) is 0.183. The van der Waals surface area contributed by atoms with E-state index in [1.807, 2.05) is 18.2 Å². The number of aromatic nitrogens is 2. The van der Waals surface area contributed by atoms with E-state index in [4.69, 9.17) is 9.47 Å². The first-order chi connectivity index (χ1) is 9.19. The Balaban J connectivity index is 2.55. The molecule has 0 bridgehead atoms. The Hall–Kier alpha value is -1.95. The predicted molar refractivity (Wildman–Crippen MR) is 73.3 cm³/mol. The Morgan fingerprint density at radius 1 is 1.42 bits per heavy atom. The topological polar surface area (TPSA) is 53.3 Å². The third-order valence-corrected chi connectivity index (χ3v) is 2.87. The molecule has 0 aliphatic rings. The van der Waals surface area contributed by atoms with Crippen molar-refractivity contribution in [3.63, 3.8) is 0 Å². The molecule has 0 amide bonds. The highest BCUT2D eigenvalue weighted by Crippen LogP contribution is 2.26. The van der Waals surface area contributed by atoms with E-state index in [0.717, 1.165) is 0 Å². The number of esters is 1.